The van der Waals surface area contributed by atoms with Gasteiger partial charge in [-0.1, -0.05) is 12.2 Å². The zero-order chi connectivity index (χ0) is 6.69. The summed E-state index contributed by atoms with van der Waals surface area (Å²) in [5.74, 6) is 0.132. The third-order valence-corrected chi connectivity index (χ3v) is 1.15. The first-order chi connectivity index (χ1) is 4.34. The van der Waals surface area contributed by atoms with Gasteiger partial charge in [-0.25, -0.2) is 0 Å². The Morgan fingerprint density at radius 1 is 1.67 bits per heavy atom. The van der Waals surface area contributed by atoms with E-state index in [2.05, 4.69) is 17.2 Å². The summed E-state index contributed by atoms with van der Waals surface area (Å²) in [5, 5.41) is 10.3. The van der Waals surface area contributed by atoms with Crippen molar-refractivity contribution in [2.24, 2.45) is 0 Å². The Labute approximate surface area is 58.2 Å². The molecule has 0 saturated heterocycles. The van der Waals surface area contributed by atoms with Crippen LogP contribution in [0.1, 0.15) is 5.69 Å². The van der Waals surface area contributed by atoms with Crippen LogP contribution in [0.2, 0.25) is 0 Å². The van der Waals surface area contributed by atoms with Crippen LogP contribution in [0.5, 0.6) is 5.75 Å². The molecule has 0 amide bonds. The molecule has 1 heterocycles. The van der Waals surface area contributed by atoms with Gasteiger partial charge >= 0.3 is 0 Å². The van der Waals surface area contributed by atoms with Crippen LogP contribution in [0.3, 0.4) is 0 Å². The quantitative estimate of drug-likeness (QED) is 0.592. The van der Waals surface area contributed by atoms with E-state index in [1.54, 1.807) is 18.3 Å². The highest BCUT2D eigenvalue weighted by Gasteiger charge is 1.92. The van der Waals surface area contributed by atoms with Crippen molar-refractivity contribution in [3.63, 3.8) is 0 Å². The minimum Gasteiger partial charge on any atom is -0.506 e. The maximum absolute atomic E-state index is 8.95. The third-order valence-electron chi connectivity index (χ3n) is 0.928. The van der Waals surface area contributed by atoms with Crippen molar-refractivity contribution in [1.82, 2.24) is 4.98 Å². The lowest BCUT2D eigenvalue weighted by Gasteiger charge is -1.91. The van der Waals surface area contributed by atoms with Crippen LogP contribution in [0.25, 0.3) is 0 Å². The molecule has 0 aliphatic rings. The summed E-state index contributed by atoms with van der Waals surface area (Å²) in [7, 11) is 0. The van der Waals surface area contributed by atoms with Crippen LogP contribution >= 0.6 is 12.2 Å². The van der Waals surface area contributed by atoms with Crippen LogP contribution in [0.4, 0.5) is 0 Å². The van der Waals surface area contributed by atoms with Crippen molar-refractivity contribution >= 4 is 17.6 Å². The standard InChI is InChI=1S/C6H5NOS/c8-6-2-1-3-7-5(6)4-9/h1-4,8H. The molecular formula is C6H5NOS. The average molecular weight is 139 g/mol. The molecule has 0 spiro atoms. The SMILES string of the molecule is Oc1cccnc1C=S. The zero-order valence-electron chi connectivity index (χ0n) is 4.61. The number of rotatable bonds is 1. The molecule has 9 heavy (non-hydrogen) atoms. The minimum atomic E-state index is 0.132. The van der Waals surface area contributed by atoms with Gasteiger partial charge in [-0.3, -0.25) is 4.98 Å². The van der Waals surface area contributed by atoms with E-state index in [4.69, 9.17) is 5.11 Å². The molecule has 2 nitrogen and oxygen atoms in total. The van der Waals surface area contributed by atoms with Gasteiger partial charge in [0.1, 0.15) is 11.4 Å². The monoisotopic (exact) mass is 139 g/mol. The van der Waals surface area contributed by atoms with Crippen LogP contribution in [0, 0.1) is 0 Å². The van der Waals surface area contributed by atoms with E-state index >= 15 is 0 Å². The Kier molecular flexibility index (Phi) is 1.75. The molecule has 0 aromatic carbocycles. The normalized spacial score (nSPS) is 8.89. The molecule has 3 heteroatoms. The van der Waals surface area contributed by atoms with Gasteiger partial charge in [-0.2, -0.15) is 0 Å². The summed E-state index contributed by atoms with van der Waals surface area (Å²) in [6.07, 6.45) is 1.58. The Morgan fingerprint density at radius 2 is 2.44 bits per heavy atom. The van der Waals surface area contributed by atoms with E-state index in [0.29, 0.717) is 5.69 Å². The topological polar surface area (TPSA) is 33.1 Å². The number of aromatic hydroxyl groups is 1. The molecule has 0 unspecified atom stereocenters. The largest absolute Gasteiger partial charge is 0.506 e. The van der Waals surface area contributed by atoms with Crippen LogP contribution in [-0.4, -0.2) is 15.5 Å². The Bertz CT molecular complexity index is 224. The lowest BCUT2D eigenvalue weighted by Crippen LogP contribution is -1.83. The van der Waals surface area contributed by atoms with Gasteiger partial charge in [-0.05, 0) is 12.1 Å². The number of thiocarbonyl (C=S) groups is 1. The fraction of sp³-hybridized carbons (Fsp3) is 0. The molecule has 0 saturated carbocycles. The average Bonchev–Trinajstić information content (AvgIpc) is 1.89. The smallest absolute Gasteiger partial charge is 0.142 e. The lowest BCUT2D eigenvalue weighted by atomic mass is 10.3. The Morgan fingerprint density at radius 3 is 2.89 bits per heavy atom. The first kappa shape index (κ1) is 6.16. The first-order valence-electron chi connectivity index (χ1n) is 2.44. The molecular weight excluding hydrogens is 134 g/mol. The number of aromatic nitrogens is 1. The highest BCUT2D eigenvalue weighted by molar-refractivity contribution is 7.79. The highest BCUT2D eigenvalue weighted by Crippen LogP contribution is 2.08. The second kappa shape index (κ2) is 2.55. The summed E-state index contributed by atoms with van der Waals surface area (Å²) >= 11 is 4.56. The van der Waals surface area contributed by atoms with Crippen molar-refractivity contribution in [2.45, 2.75) is 0 Å². The fourth-order valence-electron chi connectivity index (χ4n) is 0.500. The summed E-state index contributed by atoms with van der Waals surface area (Å²) in [6, 6.07) is 3.20. The molecule has 0 aliphatic carbocycles. The van der Waals surface area contributed by atoms with Crippen LogP contribution in [-0.2, 0) is 0 Å². The molecule has 0 fully saturated rings. The van der Waals surface area contributed by atoms with Crippen LogP contribution < -0.4 is 0 Å². The lowest BCUT2D eigenvalue weighted by molar-refractivity contribution is 0.472. The molecule has 0 atom stereocenters. The van der Waals surface area contributed by atoms with E-state index in [1.807, 2.05) is 0 Å². The second-order valence-corrected chi connectivity index (χ2v) is 1.76. The van der Waals surface area contributed by atoms with Gasteiger partial charge in [-0.15, -0.1) is 0 Å². The van der Waals surface area contributed by atoms with Crippen LogP contribution in [0.15, 0.2) is 18.3 Å². The molecule has 46 valence electrons. The molecule has 0 bridgehead atoms. The molecule has 1 rings (SSSR count). The third kappa shape index (κ3) is 1.23. The van der Waals surface area contributed by atoms with Crippen molar-refractivity contribution < 1.29 is 5.11 Å². The van der Waals surface area contributed by atoms with Crippen molar-refractivity contribution in [1.29, 1.82) is 0 Å². The summed E-state index contributed by atoms with van der Waals surface area (Å²) in [4.78, 5) is 3.79. The number of hydrogen-bond acceptors (Lipinski definition) is 3. The maximum atomic E-state index is 8.95. The summed E-state index contributed by atoms with van der Waals surface area (Å²) < 4.78 is 0. The predicted molar refractivity (Wildman–Crippen MR) is 38.7 cm³/mol. The fourth-order valence-corrected chi connectivity index (χ4v) is 0.681. The highest BCUT2D eigenvalue weighted by atomic mass is 32.1. The second-order valence-electron chi connectivity index (χ2n) is 1.53. The summed E-state index contributed by atoms with van der Waals surface area (Å²) in [6.45, 7) is 0. The van der Waals surface area contributed by atoms with Gasteiger partial charge in [0.05, 0.1) is 0 Å². The van der Waals surface area contributed by atoms with E-state index in [0.717, 1.165) is 0 Å². The number of pyridine rings is 1. The van der Waals surface area contributed by atoms with Crippen molar-refractivity contribution in [3.05, 3.63) is 24.0 Å². The van der Waals surface area contributed by atoms with Crippen molar-refractivity contribution in [2.75, 3.05) is 0 Å². The minimum absolute atomic E-state index is 0.132. The molecule has 0 radical (unpaired) electrons. The molecule has 1 aromatic rings. The van der Waals surface area contributed by atoms with E-state index < -0.39 is 0 Å². The van der Waals surface area contributed by atoms with E-state index in [9.17, 15) is 0 Å². The van der Waals surface area contributed by atoms with Crippen molar-refractivity contribution in [3.8, 4) is 5.75 Å². The van der Waals surface area contributed by atoms with Gasteiger partial charge in [0.25, 0.3) is 0 Å². The van der Waals surface area contributed by atoms with Gasteiger partial charge in [0, 0.05) is 11.6 Å². The Hall–Kier alpha value is -0.960. The van der Waals surface area contributed by atoms with Gasteiger partial charge in [0.2, 0.25) is 0 Å². The van der Waals surface area contributed by atoms with Gasteiger partial charge < -0.3 is 5.11 Å². The Balaban J connectivity index is 3.15. The summed E-state index contributed by atoms with van der Waals surface area (Å²) in [5.41, 5.74) is 0.451. The molecule has 0 aliphatic heterocycles. The van der Waals surface area contributed by atoms with E-state index in [-0.39, 0.29) is 5.75 Å². The molecule has 1 aromatic heterocycles. The number of nitrogens with zero attached hydrogens (tertiary/aromatic N) is 1. The van der Waals surface area contributed by atoms with E-state index in [1.165, 1.54) is 5.37 Å². The molecule has 1 N–H and O–H groups in total. The maximum Gasteiger partial charge on any atom is 0.142 e. The zero-order valence-corrected chi connectivity index (χ0v) is 5.43. The number of hydrogen-bond donors (Lipinski definition) is 1. The van der Waals surface area contributed by atoms with Gasteiger partial charge in [0.15, 0.2) is 0 Å². The first-order valence-corrected chi connectivity index (χ1v) is 2.91. The predicted octanol–water partition coefficient (Wildman–Crippen LogP) is 1.14.